The Kier molecular flexibility index (Phi) is 5.06. The number of benzene rings is 1. The topological polar surface area (TPSA) is 46.3 Å². The number of carbonyl (C=O) groups is 1. The number of halogens is 1. The van der Waals surface area contributed by atoms with Gasteiger partial charge in [-0.1, -0.05) is 26.0 Å². The van der Waals surface area contributed by atoms with E-state index in [1.54, 1.807) is 31.0 Å². The number of hydrogen-bond donors (Lipinski definition) is 1. The maximum atomic E-state index is 13.2. The van der Waals surface area contributed by atoms with Gasteiger partial charge in [0, 0.05) is 20.0 Å². The molecule has 0 aliphatic heterocycles. The van der Waals surface area contributed by atoms with Gasteiger partial charge in [-0.25, -0.2) is 4.39 Å². The van der Waals surface area contributed by atoms with E-state index < -0.39 is 0 Å². The molecule has 0 bridgehead atoms. The molecule has 0 aromatic heterocycles. The van der Waals surface area contributed by atoms with Crippen LogP contribution in [-0.2, 0) is 11.3 Å². The Balaban J connectivity index is 2.66. The van der Waals surface area contributed by atoms with Gasteiger partial charge in [0.1, 0.15) is 5.82 Å². The molecule has 0 aliphatic rings. The lowest BCUT2D eigenvalue weighted by Crippen LogP contribution is -2.34. The first-order valence-electron chi connectivity index (χ1n) is 6.44. The number of aryl methyl sites for hydroxylation is 1. The van der Waals surface area contributed by atoms with E-state index in [9.17, 15) is 9.18 Å². The Morgan fingerprint density at radius 3 is 2.58 bits per heavy atom. The lowest BCUT2D eigenvalue weighted by atomic mass is 9.89. The van der Waals surface area contributed by atoms with Crippen molar-refractivity contribution in [3.8, 4) is 0 Å². The molecule has 0 aliphatic carbocycles. The van der Waals surface area contributed by atoms with E-state index in [2.05, 4.69) is 0 Å². The fraction of sp³-hybridized carbons (Fsp3) is 0.533. The van der Waals surface area contributed by atoms with Gasteiger partial charge in [0.15, 0.2) is 0 Å². The number of carbonyl (C=O) groups excluding carboxylic acids is 1. The maximum absolute atomic E-state index is 13.2. The van der Waals surface area contributed by atoms with E-state index in [0.717, 1.165) is 5.56 Å². The lowest BCUT2D eigenvalue weighted by molar-refractivity contribution is -0.132. The van der Waals surface area contributed by atoms with Gasteiger partial charge < -0.3 is 10.6 Å². The predicted molar refractivity (Wildman–Crippen MR) is 75.1 cm³/mol. The second-order valence-electron chi connectivity index (χ2n) is 5.88. The standard InChI is InChI=1S/C15H23FN2O/c1-11-7-12(5-6-13(11)16)9-18(4)14(19)8-15(2,3)10-17/h5-7H,8-10,17H2,1-4H3. The van der Waals surface area contributed by atoms with Crippen LogP contribution in [0.15, 0.2) is 18.2 Å². The van der Waals surface area contributed by atoms with Gasteiger partial charge in [-0.05, 0) is 36.1 Å². The monoisotopic (exact) mass is 266 g/mol. The average molecular weight is 266 g/mol. The Morgan fingerprint density at radius 2 is 2.05 bits per heavy atom. The normalized spacial score (nSPS) is 11.5. The molecule has 2 N–H and O–H groups in total. The highest BCUT2D eigenvalue weighted by Gasteiger charge is 2.22. The van der Waals surface area contributed by atoms with Crippen molar-refractivity contribution in [2.45, 2.75) is 33.7 Å². The van der Waals surface area contributed by atoms with E-state index in [1.165, 1.54) is 6.07 Å². The molecular weight excluding hydrogens is 243 g/mol. The summed E-state index contributed by atoms with van der Waals surface area (Å²) < 4.78 is 13.2. The van der Waals surface area contributed by atoms with E-state index in [0.29, 0.717) is 25.1 Å². The van der Waals surface area contributed by atoms with Crippen LogP contribution < -0.4 is 5.73 Å². The summed E-state index contributed by atoms with van der Waals surface area (Å²) in [7, 11) is 1.76. The lowest BCUT2D eigenvalue weighted by Gasteiger charge is -2.25. The highest BCUT2D eigenvalue weighted by Crippen LogP contribution is 2.20. The highest BCUT2D eigenvalue weighted by atomic mass is 19.1. The highest BCUT2D eigenvalue weighted by molar-refractivity contribution is 5.76. The smallest absolute Gasteiger partial charge is 0.223 e. The Bertz CT molecular complexity index is 457. The quantitative estimate of drug-likeness (QED) is 0.890. The fourth-order valence-electron chi connectivity index (χ4n) is 1.78. The first-order valence-corrected chi connectivity index (χ1v) is 6.44. The third-order valence-electron chi connectivity index (χ3n) is 3.25. The van der Waals surface area contributed by atoms with Crippen LogP contribution in [0.25, 0.3) is 0 Å². The van der Waals surface area contributed by atoms with Crippen molar-refractivity contribution in [1.82, 2.24) is 4.90 Å². The molecule has 0 fully saturated rings. The number of nitrogens with two attached hydrogens (primary N) is 1. The van der Waals surface area contributed by atoms with Crippen molar-refractivity contribution in [1.29, 1.82) is 0 Å². The molecule has 106 valence electrons. The molecule has 1 amide bonds. The van der Waals surface area contributed by atoms with E-state index in [4.69, 9.17) is 5.73 Å². The molecule has 19 heavy (non-hydrogen) atoms. The van der Waals surface area contributed by atoms with Crippen molar-refractivity contribution >= 4 is 5.91 Å². The number of nitrogens with zero attached hydrogens (tertiary/aromatic N) is 1. The Hall–Kier alpha value is -1.42. The van der Waals surface area contributed by atoms with Gasteiger partial charge in [0.05, 0.1) is 0 Å². The summed E-state index contributed by atoms with van der Waals surface area (Å²) in [4.78, 5) is 13.7. The molecule has 0 unspecified atom stereocenters. The van der Waals surface area contributed by atoms with Gasteiger partial charge in [-0.15, -0.1) is 0 Å². The minimum Gasteiger partial charge on any atom is -0.341 e. The molecule has 4 heteroatoms. The molecule has 1 rings (SSSR count). The van der Waals surface area contributed by atoms with Crippen molar-refractivity contribution < 1.29 is 9.18 Å². The third kappa shape index (κ3) is 4.63. The fourth-order valence-corrected chi connectivity index (χ4v) is 1.78. The summed E-state index contributed by atoms with van der Waals surface area (Å²) in [5, 5.41) is 0. The van der Waals surface area contributed by atoms with Gasteiger partial charge in [-0.2, -0.15) is 0 Å². The van der Waals surface area contributed by atoms with Crippen LogP contribution in [0.4, 0.5) is 4.39 Å². The number of hydrogen-bond acceptors (Lipinski definition) is 2. The zero-order valence-corrected chi connectivity index (χ0v) is 12.2. The van der Waals surface area contributed by atoms with E-state index in [-0.39, 0.29) is 17.1 Å². The average Bonchev–Trinajstić information content (AvgIpc) is 2.33. The molecule has 0 heterocycles. The molecule has 3 nitrogen and oxygen atoms in total. The first kappa shape index (κ1) is 15.6. The first-order chi connectivity index (χ1) is 8.75. The molecule has 0 saturated heterocycles. The summed E-state index contributed by atoms with van der Waals surface area (Å²) >= 11 is 0. The number of rotatable bonds is 5. The summed E-state index contributed by atoms with van der Waals surface area (Å²) in [6.07, 6.45) is 0.417. The summed E-state index contributed by atoms with van der Waals surface area (Å²) in [5.41, 5.74) is 6.97. The largest absolute Gasteiger partial charge is 0.341 e. The minimum atomic E-state index is -0.220. The Labute approximate surface area is 114 Å². The van der Waals surface area contributed by atoms with Crippen molar-refractivity contribution in [3.63, 3.8) is 0 Å². The summed E-state index contributed by atoms with van der Waals surface area (Å²) in [6, 6.07) is 4.92. The zero-order valence-electron chi connectivity index (χ0n) is 12.2. The molecular formula is C15H23FN2O. The van der Waals surface area contributed by atoms with Crippen LogP contribution in [0.5, 0.6) is 0 Å². The molecule has 1 aromatic rings. The molecule has 0 spiro atoms. The van der Waals surface area contributed by atoms with Crippen LogP contribution >= 0.6 is 0 Å². The SMILES string of the molecule is Cc1cc(CN(C)C(=O)CC(C)(C)CN)ccc1F. The maximum Gasteiger partial charge on any atom is 0.223 e. The predicted octanol–water partition coefficient (Wildman–Crippen LogP) is 2.47. The van der Waals surface area contributed by atoms with Crippen LogP contribution in [-0.4, -0.2) is 24.4 Å². The van der Waals surface area contributed by atoms with Gasteiger partial charge in [0.25, 0.3) is 0 Å². The van der Waals surface area contributed by atoms with Gasteiger partial charge in [-0.3, -0.25) is 4.79 Å². The zero-order chi connectivity index (χ0) is 14.6. The van der Waals surface area contributed by atoms with Gasteiger partial charge in [0.2, 0.25) is 5.91 Å². The van der Waals surface area contributed by atoms with Crippen molar-refractivity contribution in [2.75, 3.05) is 13.6 Å². The third-order valence-corrected chi connectivity index (χ3v) is 3.25. The number of amides is 1. The van der Waals surface area contributed by atoms with Crippen LogP contribution in [0.3, 0.4) is 0 Å². The van der Waals surface area contributed by atoms with Crippen LogP contribution in [0, 0.1) is 18.2 Å². The second-order valence-corrected chi connectivity index (χ2v) is 5.88. The van der Waals surface area contributed by atoms with Crippen molar-refractivity contribution in [3.05, 3.63) is 35.1 Å². The summed E-state index contributed by atoms with van der Waals surface area (Å²) in [6.45, 7) is 6.63. The molecule has 0 atom stereocenters. The summed E-state index contributed by atoms with van der Waals surface area (Å²) in [5.74, 6) is -0.167. The van der Waals surface area contributed by atoms with E-state index >= 15 is 0 Å². The molecule has 0 radical (unpaired) electrons. The van der Waals surface area contributed by atoms with Crippen molar-refractivity contribution in [2.24, 2.45) is 11.1 Å². The van der Waals surface area contributed by atoms with Crippen LogP contribution in [0.2, 0.25) is 0 Å². The van der Waals surface area contributed by atoms with Crippen LogP contribution in [0.1, 0.15) is 31.4 Å². The molecule has 0 saturated carbocycles. The second kappa shape index (κ2) is 6.15. The molecule has 1 aromatic carbocycles. The minimum absolute atomic E-state index is 0.0532. The van der Waals surface area contributed by atoms with E-state index in [1.807, 2.05) is 13.8 Å². The van der Waals surface area contributed by atoms with Gasteiger partial charge >= 0.3 is 0 Å². The Morgan fingerprint density at radius 1 is 1.42 bits per heavy atom.